The van der Waals surface area contributed by atoms with E-state index < -0.39 is 5.60 Å². The zero-order chi connectivity index (χ0) is 14.0. The number of amides is 1. The predicted octanol–water partition coefficient (Wildman–Crippen LogP) is 2.95. The molecule has 2 heterocycles. The van der Waals surface area contributed by atoms with Crippen LogP contribution in [0.15, 0.2) is 9.22 Å². The molecule has 1 aromatic rings. The molecule has 1 fully saturated rings. The third-order valence-corrected chi connectivity index (χ3v) is 3.23. The topological polar surface area (TPSA) is 68.5 Å². The minimum atomic E-state index is -0.453. The highest BCUT2D eigenvalue weighted by Gasteiger charge is 2.29. The molecule has 0 radical (unpaired) electrons. The van der Waals surface area contributed by atoms with Crippen LogP contribution in [0.4, 0.5) is 4.79 Å². The van der Waals surface area contributed by atoms with Crippen molar-refractivity contribution in [2.75, 3.05) is 13.1 Å². The number of likely N-dealkylation sites (tertiary alicyclic amines) is 1. The maximum absolute atomic E-state index is 11.9. The number of rotatable bonds is 1. The maximum atomic E-state index is 11.9. The Morgan fingerprint density at radius 2 is 2.00 bits per heavy atom. The molecule has 0 spiro atoms. The molecule has 0 saturated carbocycles. The predicted molar refractivity (Wildman–Crippen MR) is 71.8 cm³/mol. The van der Waals surface area contributed by atoms with Crippen LogP contribution in [0.3, 0.4) is 0 Å². The molecule has 0 bridgehead atoms. The standard InChI is InChI=1S/C12H18BrN3O3/c1-12(2,3)19-11(17)16-6-4-8(5-7-16)9-14-15-10(13)18-9/h8H,4-7H2,1-3H3. The van der Waals surface area contributed by atoms with Gasteiger partial charge < -0.3 is 14.1 Å². The van der Waals surface area contributed by atoms with Crippen LogP contribution >= 0.6 is 15.9 Å². The summed E-state index contributed by atoms with van der Waals surface area (Å²) in [6.07, 6.45) is 1.37. The van der Waals surface area contributed by atoms with Crippen LogP contribution in [0.5, 0.6) is 0 Å². The van der Waals surface area contributed by atoms with Gasteiger partial charge in [-0.05, 0) is 33.6 Å². The summed E-state index contributed by atoms with van der Waals surface area (Å²) in [5.74, 6) is 0.855. The van der Waals surface area contributed by atoms with Gasteiger partial charge in [0.25, 0.3) is 4.80 Å². The summed E-state index contributed by atoms with van der Waals surface area (Å²) in [5.41, 5.74) is -0.453. The highest BCUT2D eigenvalue weighted by atomic mass is 79.9. The fraction of sp³-hybridized carbons (Fsp3) is 0.750. The van der Waals surface area contributed by atoms with Crippen LogP contribution in [0.2, 0.25) is 0 Å². The Kier molecular flexibility index (Phi) is 4.13. The van der Waals surface area contributed by atoms with E-state index in [1.165, 1.54) is 0 Å². The SMILES string of the molecule is CC(C)(C)OC(=O)N1CCC(c2nnc(Br)o2)CC1. The molecule has 1 saturated heterocycles. The lowest BCUT2D eigenvalue weighted by Crippen LogP contribution is -2.41. The van der Waals surface area contributed by atoms with Crippen LogP contribution in [0.25, 0.3) is 0 Å². The lowest BCUT2D eigenvalue weighted by atomic mass is 9.97. The van der Waals surface area contributed by atoms with E-state index >= 15 is 0 Å². The van der Waals surface area contributed by atoms with E-state index in [0.29, 0.717) is 23.8 Å². The van der Waals surface area contributed by atoms with E-state index in [9.17, 15) is 4.79 Å². The van der Waals surface area contributed by atoms with Crippen molar-refractivity contribution in [3.05, 3.63) is 10.7 Å². The van der Waals surface area contributed by atoms with Crippen molar-refractivity contribution in [1.82, 2.24) is 15.1 Å². The molecule has 0 N–H and O–H groups in total. The summed E-state index contributed by atoms with van der Waals surface area (Å²) in [6, 6.07) is 0. The summed E-state index contributed by atoms with van der Waals surface area (Å²) in [7, 11) is 0. The molecule has 1 aliphatic rings. The van der Waals surface area contributed by atoms with Crippen molar-refractivity contribution in [1.29, 1.82) is 0 Å². The molecule has 19 heavy (non-hydrogen) atoms. The number of hydrogen-bond acceptors (Lipinski definition) is 5. The van der Waals surface area contributed by atoms with Gasteiger partial charge >= 0.3 is 6.09 Å². The zero-order valence-electron chi connectivity index (χ0n) is 11.4. The third-order valence-electron chi connectivity index (χ3n) is 2.91. The van der Waals surface area contributed by atoms with E-state index in [1.807, 2.05) is 20.8 Å². The first-order valence-electron chi connectivity index (χ1n) is 6.32. The third kappa shape index (κ3) is 3.92. The first-order chi connectivity index (χ1) is 8.85. The highest BCUT2D eigenvalue weighted by Crippen LogP contribution is 2.28. The van der Waals surface area contributed by atoms with Crippen LogP contribution in [0, 0.1) is 0 Å². The number of carbonyl (C=O) groups excluding carboxylic acids is 1. The lowest BCUT2D eigenvalue weighted by molar-refractivity contribution is 0.0199. The summed E-state index contributed by atoms with van der Waals surface area (Å²) in [6.45, 7) is 6.91. The smallest absolute Gasteiger partial charge is 0.410 e. The molecule has 0 unspecified atom stereocenters. The molecular formula is C12H18BrN3O3. The second kappa shape index (κ2) is 5.48. The van der Waals surface area contributed by atoms with Gasteiger partial charge in [0.2, 0.25) is 5.89 Å². The van der Waals surface area contributed by atoms with Crippen LogP contribution in [-0.2, 0) is 4.74 Å². The summed E-state index contributed by atoms with van der Waals surface area (Å²) in [5, 5.41) is 7.76. The van der Waals surface area contributed by atoms with Crippen molar-refractivity contribution in [3.8, 4) is 0 Å². The maximum Gasteiger partial charge on any atom is 0.410 e. The van der Waals surface area contributed by atoms with Gasteiger partial charge in [0.15, 0.2) is 0 Å². The molecule has 0 aliphatic carbocycles. The molecule has 6 nitrogen and oxygen atoms in total. The minimum Gasteiger partial charge on any atom is -0.444 e. The number of aromatic nitrogens is 2. The lowest BCUT2D eigenvalue weighted by Gasteiger charge is -2.32. The monoisotopic (exact) mass is 331 g/mol. The number of nitrogens with zero attached hydrogens (tertiary/aromatic N) is 3. The van der Waals surface area contributed by atoms with E-state index in [-0.39, 0.29) is 12.0 Å². The summed E-state index contributed by atoms with van der Waals surface area (Å²) < 4.78 is 10.7. The van der Waals surface area contributed by atoms with Gasteiger partial charge in [-0.25, -0.2) is 4.79 Å². The fourth-order valence-electron chi connectivity index (χ4n) is 2.02. The van der Waals surface area contributed by atoms with Crippen molar-refractivity contribution in [3.63, 3.8) is 0 Å². The minimum absolute atomic E-state index is 0.220. The average molecular weight is 332 g/mol. The molecule has 1 aliphatic heterocycles. The van der Waals surface area contributed by atoms with Gasteiger partial charge in [0.05, 0.1) is 0 Å². The van der Waals surface area contributed by atoms with E-state index in [4.69, 9.17) is 9.15 Å². The Morgan fingerprint density at radius 1 is 1.37 bits per heavy atom. The number of piperidine rings is 1. The van der Waals surface area contributed by atoms with Gasteiger partial charge in [0.1, 0.15) is 5.60 Å². The van der Waals surface area contributed by atoms with Gasteiger partial charge in [-0.1, -0.05) is 0 Å². The van der Waals surface area contributed by atoms with Crippen molar-refractivity contribution < 1.29 is 13.9 Å². The number of carbonyl (C=O) groups is 1. The molecule has 0 aromatic carbocycles. The van der Waals surface area contributed by atoms with E-state index in [2.05, 4.69) is 26.1 Å². The first kappa shape index (κ1) is 14.3. The summed E-state index contributed by atoms with van der Waals surface area (Å²) >= 11 is 3.14. The van der Waals surface area contributed by atoms with Crippen molar-refractivity contribution >= 4 is 22.0 Å². The Morgan fingerprint density at radius 3 is 2.47 bits per heavy atom. The molecule has 1 amide bonds. The Balaban J connectivity index is 1.87. The number of hydrogen-bond donors (Lipinski definition) is 0. The van der Waals surface area contributed by atoms with Gasteiger partial charge in [-0.2, -0.15) is 0 Å². The van der Waals surface area contributed by atoms with Gasteiger partial charge in [-0.3, -0.25) is 0 Å². The highest BCUT2D eigenvalue weighted by molar-refractivity contribution is 9.10. The molecular weight excluding hydrogens is 314 g/mol. The van der Waals surface area contributed by atoms with E-state index in [0.717, 1.165) is 12.8 Å². The van der Waals surface area contributed by atoms with E-state index in [1.54, 1.807) is 4.90 Å². The fourth-order valence-corrected chi connectivity index (χ4v) is 2.26. The Hall–Kier alpha value is -1.11. The quantitative estimate of drug-likeness (QED) is 0.791. The van der Waals surface area contributed by atoms with Crippen molar-refractivity contribution in [2.45, 2.75) is 45.1 Å². The van der Waals surface area contributed by atoms with Crippen LogP contribution < -0.4 is 0 Å². The van der Waals surface area contributed by atoms with Gasteiger partial charge in [0, 0.05) is 34.9 Å². The normalized spacial score (nSPS) is 17.6. The molecule has 0 atom stereocenters. The second-order valence-electron chi connectivity index (χ2n) is 5.63. The summed E-state index contributed by atoms with van der Waals surface area (Å²) in [4.78, 5) is 14.0. The number of ether oxygens (including phenoxy) is 1. The average Bonchev–Trinajstić information content (AvgIpc) is 2.74. The van der Waals surface area contributed by atoms with Crippen LogP contribution in [0.1, 0.15) is 45.4 Å². The zero-order valence-corrected chi connectivity index (χ0v) is 12.9. The van der Waals surface area contributed by atoms with Crippen molar-refractivity contribution in [2.24, 2.45) is 0 Å². The molecule has 1 aromatic heterocycles. The Labute approximate surface area is 120 Å². The largest absolute Gasteiger partial charge is 0.444 e. The molecule has 106 valence electrons. The van der Waals surface area contributed by atoms with Crippen LogP contribution in [-0.4, -0.2) is 39.9 Å². The second-order valence-corrected chi connectivity index (χ2v) is 6.31. The molecule has 7 heteroatoms. The first-order valence-corrected chi connectivity index (χ1v) is 7.11. The number of halogens is 1. The molecule has 2 rings (SSSR count). The van der Waals surface area contributed by atoms with Gasteiger partial charge in [-0.15, -0.1) is 10.2 Å². The Bertz CT molecular complexity index is 447.